The molecule has 0 amide bonds. The van der Waals surface area contributed by atoms with Gasteiger partial charge in [0.1, 0.15) is 17.1 Å². The lowest BCUT2D eigenvalue weighted by molar-refractivity contribution is 0.321. The van der Waals surface area contributed by atoms with Crippen LogP contribution in [0.2, 0.25) is 0 Å². The quantitative estimate of drug-likeness (QED) is 0.435. The molecule has 0 radical (unpaired) electrons. The summed E-state index contributed by atoms with van der Waals surface area (Å²) in [7, 11) is 0. The van der Waals surface area contributed by atoms with Crippen LogP contribution >= 0.6 is 0 Å². The summed E-state index contributed by atoms with van der Waals surface area (Å²) in [6, 6.07) is 7.26. The molecule has 24 heavy (non-hydrogen) atoms. The molecule has 3 aromatic rings. The molecule has 0 atom stereocenters. The molecule has 2 aromatic heterocycles. The minimum atomic E-state index is 0.223. The van der Waals surface area contributed by atoms with Crippen molar-refractivity contribution in [3.63, 3.8) is 0 Å². The Morgan fingerprint density at radius 3 is 2.46 bits per heavy atom. The predicted molar refractivity (Wildman–Crippen MR) is 91.3 cm³/mol. The van der Waals surface area contributed by atoms with Crippen molar-refractivity contribution in [3.05, 3.63) is 52.5 Å². The maximum atomic E-state index is 9.68. The summed E-state index contributed by atoms with van der Waals surface area (Å²) in [5.41, 5.74) is 6.08. The van der Waals surface area contributed by atoms with Crippen molar-refractivity contribution >= 4 is 6.21 Å². The predicted octanol–water partition coefficient (Wildman–Crippen LogP) is 3.88. The van der Waals surface area contributed by atoms with Crippen LogP contribution in [0.4, 0.5) is 0 Å². The van der Waals surface area contributed by atoms with E-state index in [9.17, 15) is 5.11 Å². The Morgan fingerprint density at radius 2 is 1.88 bits per heavy atom. The smallest absolute Gasteiger partial charge is 0.157 e. The van der Waals surface area contributed by atoms with E-state index < -0.39 is 0 Å². The highest BCUT2D eigenvalue weighted by molar-refractivity contribution is 5.85. The van der Waals surface area contributed by atoms with Gasteiger partial charge in [-0.1, -0.05) is 10.3 Å². The Morgan fingerprint density at radius 1 is 1.12 bits per heavy atom. The Bertz CT molecular complexity index is 916. The highest BCUT2D eigenvalue weighted by Gasteiger charge is 2.21. The number of aromatic nitrogens is 2. The molecule has 3 rings (SSSR count). The molecule has 0 aliphatic heterocycles. The van der Waals surface area contributed by atoms with Crippen LogP contribution in [0.3, 0.4) is 0 Å². The first-order chi connectivity index (χ1) is 11.4. The van der Waals surface area contributed by atoms with Crippen molar-refractivity contribution in [2.45, 2.75) is 27.7 Å². The average molecular weight is 325 g/mol. The van der Waals surface area contributed by atoms with E-state index in [1.54, 1.807) is 12.1 Å². The van der Waals surface area contributed by atoms with E-state index in [2.05, 4.69) is 10.3 Å². The zero-order valence-electron chi connectivity index (χ0n) is 14.0. The van der Waals surface area contributed by atoms with Gasteiger partial charge in [-0.2, -0.15) is 0 Å². The van der Waals surface area contributed by atoms with E-state index in [1.807, 2.05) is 44.4 Å². The molecule has 0 saturated carbocycles. The summed E-state index contributed by atoms with van der Waals surface area (Å²) in [4.78, 5) is 0. The molecular weight excluding hydrogens is 306 g/mol. The Hall–Kier alpha value is -3.02. The van der Waals surface area contributed by atoms with Crippen LogP contribution in [0, 0.1) is 27.7 Å². The highest BCUT2D eigenvalue weighted by Crippen LogP contribution is 2.34. The lowest BCUT2D eigenvalue weighted by Crippen LogP contribution is -2.05. The Labute approximate surface area is 139 Å². The zero-order chi connectivity index (χ0) is 17.4. The molecule has 6 nitrogen and oxygen atoms in total. The lowest BCUT2D eigenvalue weighted by Gasteiger charge is -2.13. The van der Waals surface area contributed by atoms with Gasteiger partial charge in [-0.25, -0.2) is 0 Å². The van der Waals surface area contributed by atoms with E-state index in [4.69, 9.17) is 9.73 Å². The van der Waals surface area contributed by atoms with E-state index in [0.717, 1.165) is 39.5 Å². The third-order valence-electron chi connectivity index (χ3n) is 4.12. The van der Waals surface area contributed by atoms with Crippen LogP contribution in [-0.2, 0) is 0 Å². The fourth-order valence-corrected chi connectivity index (χ4v) is 3.04. The topological polar surface area (TPSA) is 83.8 Å². The van der Waals surface area contributed by atoms with Crippen LogP contribution in [0.25, 0.3) is 16.9 Å². The van der Waals surface area contributed by atoms with Gasteiger partial charge >= 0.3 is 0 Å². The van der Waals surface area contributed by atoms with Gasteiger partial charge in [-0.3, -0.25) is 0 Å². The number of aromatic hydroxyl groups is 1. The molecule has 6 heteroatoms. The average Bonchev–Trinajstić information content (AvgIpc) is 3.00. The summed E-state index contributed by atoms with van der Waals surface area (Å²) >= 11 is 0. The summed E-state index contributed by atoms with van der Waals surface area (Å²) < 4.78 is 7.28. The Kier molecular flexibility index (Phi) is 3.89. The van der Waals surface area contributed by atoms with Gasteiger partial charge in [-0.15, -0.1) is 0 Å². The molecule has 0 aliphatic rings. The van der Waals surface area contributed by atoms with Crippen molar-refractivity contribution in [2.24, 2.45) is 5.16 Å². The number of benzene rings is 1. The highest BCUT2D eigenvalue weighted by atomic mass is 16.5. The molecule has 0 fully saturated rings. The van der Waals surface area contributed by atoms with Crippen LogP contribution in [0.5, 0.6) is 5.75 Å². The molecule has 124 valence electrons. The van der Waals surface area contributed by atoms with Crippen LogP contribution in [0.1, 0.15) is 28.3 Å². The largest absolute Gasteiger partial charge is 0.508 e. The summed E-state index contributed by atoms with van der Waals surface area (Å²) in [6.07, 6.45) is 1.40. The minimum Gasteiger partial charge on any atom is -0.508 e. The maximum Gasteiger partial charge on any atom is 0.157 e. The van der Waals surface area contributed by atoms with E-state index in [0.29, 0.717) is 5.76 Å². The van der Waals surface area contributed by atoms with Gasteiger partial charge in [0.2, 0.25) is 0 Å². The summed E-state index contributed by atoms with van der Waals surface area (Å²) in [5, 5.41) is 26.0. The number of aryl methyl sites for hydroxylation is 4. The number of phenolic OH excluding ortho intramolecular Hbond substituents is 1. The van der Waals surface area contributed by atoms with Gasteiger partial charge in [0.25, 0.3) is 0 Å². The first-order valence-corrected chi connectivity index (χ1v) is 7.57. The molecule has 2 heterocycles. The van der Waals surface area contributed by atoms with E-state index in [1.165, 1.54) is 6.21 Å². The third-order valence-corrected chi connectivity index (χ3v) is 4.12. The minimum absolute atomic E-state index is 0.223. The van der Waals surface area contributed by atoms with Crippen LogP contribution in [-0.4, -0.2) is 26.3 Å². The molecule has 1 aromatic carbocycles. The van der Waals surface area contributed by atoms with Crippen molar-refractivity contribution in [3.8, 4) is 22.7 Å². The van der Waals surface area contributed by atoms with Gasteiger partial charge in [0.05, 0.1) is 17.6 Å². The van der Waals surface area contributed by atoms with Gasteiger partial charge in [-0.05, 0) is 63.1 Å². The fraction of sp³-hybridized carbons (Fsp3) is 0.222. The fourth-order valence-electron chi connectivity index (χ4n) is 3.04. The second-order valence-electron chi connectivity index (χ2n) is 5.85. The number of hydrogen-bond acceptors (Lipinski definition) is 5. The van der Waals surface area contributed by atoms with Crippen molar-refractivity contribution in [1.29, 1.82) is 0 Å². The second kappa shape index (κ2) is 5.88. The molecule has 0 bridgehead atoms. The number of nitrogens with zero attached hydrogens (tertiary/aromatic N) is 3. The standard InChI is InChI=1S/C18H19N3O3/c1-10-7-14(22)5-6-15(10)16-8-11(2)17(9-19-23)21(16)18-12(3)20-24-13(18)4/h5-9,22-23H,1-4H3. The first kappa shape index (κ1) is 15.9. The van der Waals surface area contributed by atoms with Crippen molar-refractivity contribution < 1.29 is 14.8 Å². The number of hydrogen-bond donors (Lipinski definition) is 2. The summed E-state index contributed by atoms with van der Waals surface area (Å²) in [5.74, 6) is 0.897. The van der Waals surface area contributed by atoms with E-state index in [-0.39, 0.29) is 5.75 Å². The first-order valence-electron chi connectivity index (χ1n) is 7.57. The second-order valence-corrected chi connectivity index (χ2v) is 5.85. The van der Waals surface area contributed by atoms with Crippen LogP contribution in [0.15, 0.2) is 33.9 Å². The van der Waals surface area contributed by atoms with E-state index >= 15 is 0 Å². The monoisotopic (exact) mass is 325 g/mol. The molecule has 0 saturated heterocycles. The van der Waals surface area contributed by atoms with Gasteiger partial charge in [0.15, 0.2) is 5.76 Å². The molecule has 2 N–H and O–H groups in total. The summed E-state index contributed by atoms with van der Waals surface area (Å²) in [6.45, 7) is 7.60. The van der Waals surface area contributed by atoms with Crippen molar-refractivity contribution in [2.75, 3.05) is 0 Å². The molecular formula is C18H19N3O3. The van der Waals surface area contributed by atoms with Crippen LogP contribution < -0.4 is 0 Å². The number of oxime groups is 1. The molecule has 0 unspecified atom stereocenters. The van der Waals surface area contributed by atoms with Gasteiger partial charge < -0.3 is 19.4 Å². The Balaban J connectivity index is 2.37. The SMILES string of the molecule is Cc1cc(O)ccc1-c1cc(C)c(C=NO)n1-c1c(C)noc1C. The molecule has 0 aliphatic carbocycles. The van der Waals surface area contributed by atoms with Gasteiger partial charge in [0, 0.05) is 5.56 Å². The maximum absolute atomic E-state index is 9.68. The third kappa shape index (κ3) is 2.46. The number of phenols is 1. The zero-order valence-corrected chi connectivity index (χ0v) is 14.0. The number of rotatable bonds is 3. The molecule has 0 spiro atoms. The van der Waals surface area contributed by atoms with Crippen molar-refractivity contribution in [1.82, 2.24) is 9.72 Å². The lowest BCUT2D eigenvalue weighted by atomic mass is 10.0. The normalized spacial score (nSPS) is 11.5.